The molecule has 0 amide bonds. The molecule has 190 valence electrons. The number of aromatic nitrogens is 2. The Hall–Kier alpha value is -3.60. The molecule has 0 atom stereocenters. The summed E-state index contributed by atoms with van der Waals surface area (Å²) < 4.78 is 77.1. The fourth-order valence-corrected chi connectivity index (χ4v) is 4.41. The highest BCUT2D eigenvalue weighted by Gasteiger charge is 2.48. The molecule has 0 aliphatic rings. The molecule has 4 rings (SSSR count). The average molecular weight is 521 g/mol. The first kappa shape index (κ1) is 25.5. The number of hydrogen-bond donors (Lipinski definition) is 0. The quantitative estimate of drug-likeness (QED) is 0.222. The lowest BCUT2D eigenvalue weighted by Gasteiger charge is -2.15. The summed E-state index contributed by atoms with van der Waals surface area (Å²) in [5.41, 5.74) is -3.36. The maximum absolute atomic E-state index is 12.9. The first-order valence-corrected chi connectivity index (χ1v) is 12.4. The summed E-state index contributed by atoms with van der Waals surface area (Å²) in [5, 5.41) is 2.20. The lowest BCUT2D eigenvalue weighted by atomic mass is 9.99. The van der Waals surface area contributed by atoms with E-state index in [9.17, 15) is 21.6 Å². The van der Waals surface area contributed by atoms with E-state index in [1.165, 1.54) is 6.07 Å². The number of aryl methyl sites for hydroxylation is 1. The van der Waals surface area contributed by atoms with Gasteiger partial charge in [-0.2, -0.15) is 21.6 Å². The van der Waals surface area contributed by atoms with E-state index in [0.29, 0.717) is 22.6 Å². The zero-order valence-corrected chi connectivity index (χ0v) is 20.5. The number of halogens is 3. The van der Waals surface area contributed by atoms with Crippen molar-refractivity contribution in [3.8, 4) is 17.2 Å². The monoisotopic (exact) mass is 520 g/mol. The maximum atomic E-state index is 12.9. The molecule has 11 heteroatoms. The van der Waals surface area contributed by atoms with Crippen molar-refractivity contribution in [3.63, 3.8) is 0 Å². The van der Waals surface area contributed by atoms with Crippen molar-refractivity contribution >= 4 is 31.8 Å². The second-order valence-electron chi connectivity index (χ2n) is 8.02. The van der Waals surface area contributed by atoms with Crippen LogP contribution in [0.15, 0.2) is 48.7 Å². The van der Waals surface area contributed by atoms with Gasteiger partial charge in [0.1, 0.15) is 5.52 Å². The Morgan fingerprint density at radius 1 is 0.944 bits per heavy atom. The Kier molecular flexibility index (Phi) is 6.94. The number of methoxy groups -OCH3 is 2. The highest BCUT2D eigenvalue weighted by atomic mass is 32.2. The number of hydrogen-bond acceptors (Lipinski definition) is 7. The minimum Gasteiger partial charge on any atom is -0.493 e. The molecule has 36 heavy (non-hydrogen) atoms. The van der Waals surface area contributed by atoms with Gasteiger partial charge in [-0.25, -0.2) is 4.98 Å². The number of pyridine rings is 2. The molecule has 0 spiro atoms. The first-order chi connectivity index (χ1) is 17.1. The van der Waals surface area contributed by atoms with Crippen LogP contribution in [-0.4, -0.2) is 38.1 Å². The molecule has 2 aromatic heterocycles. The van der Waals surface area contributed by atoms with Crippen LogP contribution >= 0.6 is 0 Å². The fourth-order valence-electron chi connectivity index (χ4n) is 3.94. The molecule has 2 aromatic carbocycles. The van der Waals surface area contributed by atoms with Crippen molar-refractivity contribution in [2.75, 3.05) is 14.2 Å². The summed E-state index contributed by atoms with van der Waals surface area (Å²) >= 11 is 0. The largest absolute Gasteiger partial charge is 0.534 e. The van der Waals surface area contributed by atoms with Crippen LogP contribution in [0.5, 0.6) is 17.2 Å². The third-order valence-corrected chi connectivity index (χ3v) is 6.60. The molecule has 0 N–H and O–H groups in total. The topological polar surface area (TPSA) is 87.6 Å². The van der Waals surface area contributed by atoms with Gasteiger partial charge in [-0.05, 0) is 41.6 Å². The van der Waals surface area contributed by atoms with E-state index < -0.39 is 21.4 Å². The standard InChI is InChI=1S/C25H23F3N2O5S/c1-4-6-20-19-13-23(34-3)22(33-2)12-18(19)16(14-29-20)11-17-10-9-15-7-5-8-21(24(15)30-17)35-36(31,32)25(26,27)28/h5,7-10,12-14H,4,6,11H2,1-3H3. The molecule has 2 heterocycles. The summed E-state index contributed by atoms with van der Waals surface area (Å²) in [6.07, 6.45) is 3.67. The molecule has 7 nitrogen and oxygen atoms in total. The van der Waals surface area contributed by atoms with Gasteiger partial charge in [-0.1, -0.05) is 31.5 Å². The molecule has 0 saturated heterocycles. The number of rotatable bonds is 8. The van der Waals surface area contributed by atoms with Crippen LogP contribution in [0.1, 0.15) is 30.3 Å². The number of ether oxygens (including phenoxy) is 2. The highest BCUT2D eigenvalue weighted by Crippen LogP contribution is 2.36. The van der Waals surface area contributed by atoms with Crippen LogP contribution in [0.4, 0.5) is 13.2 Å². The molecule has 0 bridgehead atoms. The highest BCUT2D eigenvalue weighted by molar-refractivity contribution is 7.88. The average Bonchev–Trinajstić information content (AvgIpc) is 2.84. The van der Waals surface area contributed by atoms with Crippen LogP contribution in [0.2, 0.25) is 0 Å². The Labute approximate surface area is 206 Å². The van der Waals surface area contributed by atoms with Crippen molar-refractivity contribution in [2.24, 2.45) is 0 Å². The van der Waals surface area contributed by atoms with Crippen molar-refractivity contribution in [1.82, 2.24) is 9.97 Å². The lowest BCUT2D eigenvalue weighted by molar-refractivity contribution is -0.0499. The minimum atomic E-state index is -5.84. The molecule has 0 fully saturated rings. The van der Waals surface area contributed by atoms with Crippen LogP contribution < -0.4 is 13.7 Å². The predicted octanol–water partition coefficient (Wildman–Crippen LogP) is 5.57. The van der Waals surface area contributed by atoms with Gasteiger partial charge in [0.25, 0.3) is 0 Å². The third-order valence-electron chi connectivity index (χ3n) is 5.64. The van der Waals surface area contributed by atoms with E-state index >= 15 is 0 Å². The number of alkyl halides is 3. The van der Waals surface area contributed by atoms with E-state index in [-0.39, 0.29) is 11.9 Å². The van der Waals surface area contributed by atoms with Crippen molar-refractivity contribution in [3.05, 3.63) is 65.6 Å². The van der Waals surface area contributed by atoms with Crippen LogP contribution in [-0.2, 0) is 23.0 Å². The molecule has 0 aliphatic heterocycles. The van der Waals surface area contributed by atoms with E-state index in [0.717, 1.165) is 40.9 Å². The van der Waals surface area contributed by atoms with Crippen LogP contribution in [0.25, 0.3) is 21.7 Å². The zero-order chi connectivity index (χ0) is 26.1. The van der Waals surface area contributed by atoms with Gasteiger partial charge in [0, 0.05) is 34.8 Å². The minimum absolute atomic E-state index is 0.00180. The molecule has 0 saturated carbocycles. The van der Waals surface area contributed by atoms with Crippen molar-refractivity contribution in [2.45, 2.75) is 31.7 Å². The molecule has 0 radical (unpaired) electrons. The van der Waals surface area contributed by atoms with E-state index in [1.54, 1.807) is 38.6 Å². The van der Waals surface area contributed by atoms with E-state index in [1.807, 2.05) is 12.1 Å². The van der Waals surface area contributed by atoms with Gasteiger partial charge >= 0.3 is 15.6 Å². The Morgan fingerprint density at radius 3 is 2.28 bits per heavy atom. The van der Waals surface area contributed by atoms with Crippen LogP contribution in [0.3, 0.4) is 0 Å². The second-order valence-corrected chi connectivity index (χ2v) is 9.56. The first-order valence-electron chi connectivity index (χ1n) is 11.0. The van der Waals surface area contributed by atoms with Crippen molar-refractivity contribution in [1.29, 1.82) is 0 Å². The second kappa shape index (κ2) is 9.81. The summed E-state index contributed by atoms with van der Waals surface area (Å²) in [6, 6.07) is 11.2. The van der Waals surface area contributed by atoms with Gasteiger partial charge < -0.3 is 13.7 Å². The molecular formula is C25H23F3N2O5S. The predicted molar refractivity (Wildman–Crippen MR) is 129 cm³/mol. The van der Waals surface area contributed by atoms with Gasteiger partial charge in [0.15, 0.2) is 17.2 Å². The Bertz CT molecular complexity index is 1540. The number of benzene rings is 2. The SMILES string of the molecule is CCCc1ncc(Cc2ccc3cccc(OS(=O)(=O)C(F)(F)F)c3n2)c2cc(OC)c(OC)cc12. The molecule has 0 aliphatic carbocycles. The lowest BCUT2D eigenvalue weighted by Crippen LogP contribution is -2.28. The van der Waals surface area contributed by atoms with Gasteiger partial charge in [-0.3, -0.25) is 4.98 Å². The van der Waals surface area contributed by atoms with E-state index in [2.05, 4.69) is 21.1 Å². The number of fused-ring (bicyclic) bond motifs is 2. The third kappa shape index (κ3) is 4.88. The summed E-state index contributed by atoms with van der Waals surface area (Å²) in [6.45, 7) is 2.06. The fraction of sp³-hybridized carbons (Fsp3) is 0.280. The summed E-state index contributed by atoms with van der Waals surface area (Å²) in [4.78, 5) is 9.06. The van der Waals surface area contributed by atoms with Gasteiger partial charge in [0.05, 0.1) is 14.2 Å². The van der Waals surface area contributed by atoms with Gasteiger partial charge in [0.2, 0.25) is 0 Å². The molecular weight excluding hydrogens is 497 g/mol. The zero-order valence-electron chi connectivity index (χ0n) is 19.7. The van der Waals surface area contributed by atoms with E-state index in [4.69, 9.17) is 9.47 Å². The normalized spacial score (nSPS) is 12.2. The summed E-state index contributed by atoms with van der Waals surface area (Å²) in [5.74, 6) is 0.608. The van der Waals surface area contributed by atoms with Crippen molar-refractivity contribution < 1.29 is 35.2 Å². The Balaban J connectivity index is 1.81. The maximum Gasteiger partial charge on any atom is 0.534 e. The van der Waals surface area contributed by atoms with Gasteiger partial charge in [-0.15, -0.1) is 0 Å². The molecule has 0 unspecified atom stereocenters. The summed E-state index contributed by atoms with van der Waals surface area (Å²) in [7, 11) is -2.75. The number of para-hydroxylation sites is 1. The van der Waals surface area contributed by atoms with Crippen LogP contribution in [0, 0.1) is 0 Å². The smallest absolute Gasteiger partial charge is 0.493 e. The number of nitrogens with zero attached hydrogens (tertiary/aromatic N) is 2. The molecule has 4 aromatic rings. The Morgan fingerprint density at radius 2 is 1.64 bits per heavy atom.